The first-order chi connectivity index (χ1) is 7.83. The van der Waals surface area contributed by atoms with E-state index in [2.05, 4.69) is 30.4 Å². The number of hydrogen-bond donors (Lipinski definition) is 1. The molecule has 0 spiro atoms. The summed E-state index contributed by atoms with van der Waals surface area (Å²) in [6, 6.07) is 6.42. The van der Waals surface area contributed by atoms with Crippen molar-refractivity contribution in [1.29, 1.82) is 0 Å². The molecule has 3 rings (SSSR count). The molecule has 0 saturated carbocycles. The predicted molar refractivity (Wildman–Crippen MR) is 61.8 cm³/mol. The van der Waals surface area contributed by atoms with Crippen LogP contribution in [-0.2, 0) is 11.2 Å². The number of fused-ring (bicyclic) bond motifs is 1. The van der Waals surface area contributed by atoms with Crippen LogP contribution in [0.3, 0.4) is 0 Å². The zero-order chi connectivity index (χ0) is 11.0. The van der Waals surface area contributed by atoms with Crippen LogP contribution < -0.4 is 10.1 Å². The van der Waals surface area contributed by atoms with Gasteiger partial charge in [0.2, 0.25) is 0 Å². The van der Waals surface area contributed by atoms with Gasteiger partial charge in [0, 0.05) is 19.5 Å². The van der Waals surface area contributed by atoms with Gasteiger partial charge in [-0.1, -0.05) is 6.07 Å². The molecule has 2 aliphatic rings. The third kappa shape index (κ3) is 1.81. The Morgan fingerprint density at radius 3 is 3.12 bits per heavy atom. The number of benzene rings is 1. The molecule has 3 heteroatoms. The van der Waals surface area contributed by atoms with Crippen LogP contribution in [0.25, 0.3) is 0 Å². The van der Waals surface area contributed by atoms with Crippen molar-refractivity contribution in [2.45, 2.75) is 25.6 Å². The maximum atomic E-state index is 5.93. The second-order valence-corrected chi connectivity index (χ2v) is 4.56. The summed E-state index contributed by atoms with van der Waals surface area (Å²) in [6.45, 7) is 4.78. The highest BCUT2D eigenvalue weighted by atomic mass is 16.5. The molecule has 0 bridgehead atoms. The van der Waals surface area contributed by atoms with E-state index in [9.17, 15) is 0 Å². The Bertz CT molecular complexity index is 392. The largest absolute Gasteiger partial charge is 0.493 e. The van der Waals surface area contributed by atoms with Crippen LogP contribution in [-0.4, -0.2) is 25.8 Å². The Morgan fingerprint density at radius 2 is 2.25 bits per heavy atom. The summed E-state index contributed by atoms with van der Waals surface area (Å²) in [7, 11) is 0. The molecule has 0 radical (unpaired) electrons. The standard InChI is InChI=1S/C13H17NO2/c1-9-7-14-8-13(16-9)10-2-3-12-11(6-10)4-5-15-12/h2-3,6,9,13-14H,4-5,7-8H2,1H3. The van der Waals surface area contributed by atoms with Crippen LogP contribution in [0.5, 0.6) is 5.75 Å². The van der Waals surface area contributed by atoms with Crippen LogP contribution in [0.1, 0.15) is 24.2 Å². The number of hydrogen-bond acceptors (Lipinski definition) is 3. The molecular weight excluding hydrogens is 202 g/mol. The van der Waals surface area contributed by atoms with Gasteiger partial charge in [0.1, 0.15) is 5.75 Å². The molecule has 2 atom stereocenters. The maximum absolute atomic E-state index is 5.93. The highest BCUT2D eigenvalue weighted by Crippen LogP contribution is 2.30. The van der Waals surface area contributed by atoms with E-state index in [1.54, 1.807) is 0 Å². The summed E-state index contributed by atoms with van der Waals surface area (Å²) < 4.78 is 11.4. The van der Waals surface area contributed by atoms with Crippen molar-refractivity contribution in [1.82, 2.24) is 5.32 Å². The Kier molecular flexibility index (Phi) is 2.58. The zero-order valence-electron chi connectivity index (χ0n) is 9.53. The molecule has 1 N–H and O–H groups in total. The molecule has 16 heavy (non-hydrogen) atoms. The quantitative estimate of drug-likeness (QED) is 0.779. The van der Waals surface area contributed by atoms with Gasteiger partial charge < -0.3 is 14.8 Å². The van der Waals surface area contributed by atoms with Gasteiger partial charge in [0.05, 0.1) is 18.8 Å². The molecule has 86 valence electrons. The van der Waals surface area contributed by atoms with Crippen LogP contribution >= 0.6 is 0 Å². The van der Waals surface area contributed by atoms with Gasteiger partial charge in [-0.25, -0.2) is 0 Å². The molecule has 1 fully saturated rings. The molecule has 2 unspecified atom stereocenters. The fourth-order valence-electron chi connectivity index (χ4n) is 2.40. The number of rotatable bonds is 1. The molecule has 1 aromatic rings. The average molecular weight is 219 g/mol. The van der Waals surface area contributed by atoms with E-state index in [0.29, 0.717) is 6.10 Å². The van der Waals surface area contributed by atoms with Crippen molar-refractivity contribution in [2.75, 3.05) is 19.7 Å². The van der Waals surface area contributed by atoms with E-state index in [1.165, 1.54) is 11.1 Å². The predicted octanol–water partition coefficient (Wildman–Crippen LogP) is 1.67. The molecule has 1 aromatic carbocycles. The van der Waals surface area contributed by atoms with Gasteiger partial charge in [0.15, 0.2) is 0 Å². The Morgan fingerprint density at radius 1 is 1.31 bits per heavy atom. The van der Waals surface area contributed by atoms with Crippen LogP contribution in [0.4, 0.5) is 0 Å². The Balaban J connectivity index is 1.83. The zero-order valence-corrected chi connectivity index (χ0v) is 9.53. The molecule has 2 aliphatic heterocycles. The third-order valence-electron chi connectivity index (χ3n) is 3.24. The SMILES string of the molecule is CC1CNCC(c2ccc3c(c2)CCO3)O1. The first kappa shape index (κ1) is 10.1. The van der Waals surface area contributed by atoms with E-state index >= 15 is 0 Å². The van der Waals surface area contributed by atoms with Gasteiger partial charge in [-0.15, -0.1) is 0 Å². The summed E-state index contributed by atoms with van der Waals surface area (Å²) in [4.78, 5) is 0. The van der Waals surface area contributed by atoms with E-state index in [4.69, 9.17) is 9.47 Å². The monoisotopic (exact) mass is 219 g/mol. The van der Waals surface area contributed by atoms with Crippen LogP contribution in [0.2, 0.25) is 0 Å². The second-order valence-electron chi connectivity index (χ2n) is 4.56. The van der Waals surface area contributed by atoms with Crippen LogP contribution in [0.15, 0.2) is 18.2 Å². The Labute approximate surface area is 95.8 Å². The summed E-state index contributed by atoms with van der Waals surface area (Å²) in [5.74, 6) is 1.04. The minimum Gasteiger partial charge on any atom is -0.493 e. The molecule has 0 aromatic heterocycles. The van der Waals surface area contributed by atoms with E-state index in [0.717, 1.165) is 31.9 Å². The lowest BCUT2D eigenvalue weighted by Crippen LogP contribution is -2.38. The van der Waals surface area contributed by atoms with Crippen molar-refractivity contribution in [3.8, 4) is 5.75 Å². The normalized spacial score (nSPS) is 28.6. The van der Waals surface area contributed by atoms with Crippen molar-refractivity contribution in [3.63, 3.8) is 0 Å². The lowest BCUT2D eigenvalue weighted by atomic mass is 10.0. The molecule has 3 nitrogen and oxygen atoms in total. The minimum atomic E-state index is 0.189. The summed E-state index contributed by atoms with van der Waals surface area (Å²) >= 11 is 0. The van der Waals surface area contributed by atoms with Crippen molar-refractivity contribution in [2.24, 2.45) is 0 Å². The van der Waals surface area contributed by atoms with Gasteiger partial charge >= 0.3 is 0 Å². The lowest BCUT2D eigenvalue weighted by molar-refractivity contribution is -0.0287. The second kappa shape index (κ2) is 4.07. The summed E-state index contributed by atoms with van der Waals surface area (Å²) in [5, 5.41) is 3.39. The fraction of sp³-hybridized carbons (Fsp3) is 0.538. The first-order valence-electron chi connectivity index (χ1n) is 5.95. The van der Waals surface area contributed by atoms with Crippen molar-refractivity contribution in [3.05, 3.63) is 29.3 Å². The van der Waals surface area contributed by atoms with E-state index < -0.39 is 0 Å². The third-order valence-corrected chi connectivity index (χ3v) is 3.24. The van der Waals surface area contributed by atoms with Gasteiger partial charge in [0.25, 0.3) is 0 Å². The average Bonchev–Trinajstić information content (AvgIpc) is 2.75. The molecule has 2 heterocycles. The molecule has 1 saturated heterocycles. The number of nitrogens with one attached hydrogen (secondary N) is 1. The maximum Gasteiger partial charge on any atom is 0.122 e. The van der Waals surface area contributed by atoms with Gasteiger partial charge in [-0.3, -0.25) is 0 Å². The summed E-state index contributed by atoms with van der Waals surface area (Å²) in [6.07, 6.45) is 1.51. The highest BCUT2D eigenvalue weighted by Gasteiger charge is 2.22. The van der Waals surface area contributed by atoms with E-state index in [1.807, 2.05) is 0 Å². The molecule has 0 aliphatic carbocycles. The number of ether oxygens (including phenoxy) is 2. The van der Waals surface area contributed by atoms with Crippen molar-refractivity contribution < 1.29 is 9.47 Å². The van der Waals surface area contributed by atoms with E-state index in [-0.39, 0.29) is 6.10 Å². The topological polar surface area (TPSA) is 30.5 Å². The Hall–Kier alpha value is -1.06. The minimum absolute atomic E-state index is 0.189. The number of morpholine rings is 1. The van der Waals surface area contributed by atoms with Gasteiger partial charge in [-0.05, 0) is 30.2 Å². The smallest absolute Gasteiger partial charge is 0.122 e. The molecular formula is C13H17NO2. The molecule has 0 amide bonds. The van der Waals surface area contributed by atoms with Gasteiger partial charge in [-0.2, -0.15) is 0 Å². The highest BCUT2D eigenvalue weighted by molar-refractivity contribution is 5.40. The first-order valence-corrected chi connectivity index (χ1v) is 5.95. The van der Waals surface area contributed by atoms with Crippen LogP contribution in [0, 0.1) is 0 Å². The fourth-order valence-corrected chi connectivity index (χ4v) is 2.40. The lowest BCUT2D eigenvalue weighted by Gasteiger charge is -2.29. The van der Waals surface area contributed by atoms with Crippen molar-refractivity contribution >= 4 is 0 Å². The summed E-state index contributed by atoms with van der Waals surface area (Å²) in [5.41, 5.74) is 2.59.